The second-order valence-electron chi connectivity index (χ2n) is 5.84. The molecule has 0 spiro atoms. The van der Waals surface area contributed by atoms with E-state index in [-0.39, 0.29) is 35.4 Å². The van der Waals surface area contributed by atoms with E-state index in [0.717, 1.165) is 32.1 Å². The number of carbonyl (C=O) groups is 1. The molecule has 1 saturated carbocycles. The number of nitrogens with two attached hydrogens (primary N) is 1. The Bertz CT molecular complexity index is 408. The summed E-state index contributed by atoms with van der Waals surface area (Å²) in [6.45, 7) is 0. The molecule has 3 N–H and O–H groups in total. The number of sulfone groups is 1. The minimum Gasteiger partial charge on any atom is -0.353 e. The first kappa shape index (κ1) is 14.8. The molecule has 2 aliphatic rings. The van der Waals surface area contributed by atoms with Crippen LogP contribution in [-0.4, -0.2) is 37.9 Å². The minimum absolute atomic E-state index is 0.00600. The van der Waals surface area contributed by atoms with Gasteiger partial charge in [0.05, 0.1) is 17.4 Å². The first-order valence-electron chi connectivity index (χ1n) is 7.24. The van der Waals surface area contributed by atoms with Gasteiger partial charge in [-0.1, -0.05) is 19.3 Å². The first-order valence-corrected chi connectivity index (χ1v) is 9.06. The van der Waals surface area contributed by atoms with Gasteiger partial charge in [-0.15, -0.1) is 0 Å². The van der Waals surface area contributed by atoms with Gasteiger partial charge >= 0.3 is 0 Å². The van der Waals surface area contributed by atoms with Crippen molar-refractivity contribution in [3.63, 3.8) is 0 Å². The van der Waals surface area contributed by atoms with Crippen molar-refractivity contribution in [1.82, 2.24) is 5.32 Å². The molecule has 19 heavy (non-hydrogen) atoms. The molecule has 0 aromatic heterocycles. The smallest absolute Gasteiger partial charge is 0.224 e. The number of rotatable bonds is 2. The largest absolute Gasteiger partial charge is 0.353 e. The highest BCUT2D eigenvalue weighted by Crippen LogP contribution is 2.23. The third-order valence-corrected chi connectivity index (χ3v) is 6.02. The minimum atomic E-state index is -2.87. The Hall–Kier alpha value is -0.620. The van der Waals surface area contributed by atoms with Gasteiger partial charge < -0.3 is 11.1 Å². The molecular formula is C13H24N2O3S. The highest BCUT2D eigenvalue weighted by Gasteiger charge is 2.30. The number of carbonyl (C=O) groups excluding carboxylic acids is 1. The average Bonchev–Trinajstić information content (AvgIpc) is 2.56. The van der Waals surface area contributed by atoms with Crippen LogP contribution in [0.15, 0.2) is 0 Å². The van der Waals surface area contributed by atoms with Crippen molar-refractivity contribution < 1.29 is 13.2 Å². The van der Waals surface area contributed by atoms with Crippen molar-refractivity contribution in [1.29, 1.82) is 0 Å². The summed E-state index contributed by atoms with van der Waals surface area (Å²) in [5.41, 5.74) is 6.07. The molecule has 2 unspecified atom stereocenters. The molecule has 1 aliphatic carbocycles. The summed E-state index contributed by atoms with van der Waals surface area (Å²) < 4.78 is 22.7. The van der Waals surface area contributed by atoms with Gasteiger partial charge in [0.25, 0.3) is 0 Å². The molecule has 110 valence electrons. The molecular weight excluding hydrogens is 264 g/mol. The van der Waals surface area contributed by atoms with Crippen molar-refractivity contribution in [2.24, 2.45) is 11.7 Å². The van der Waals surface area contributed by atoms with E-state index in [1.165, 1.54) is 0 Å². The van der Waals surface area contributed by atoms with E-state index in [9.17, 15) is 13.2 Å². The van der Waals surface area contributed by atoms with Gasteiger partial charge in [-0.2, -0.15) is 0 Å². The van der Waals surface area contributed by atoms with E-state index in [0.29, 0.717) is 12.8 Å². The van der Waals surface area contributed by atoms with Crippen LogP contribution in [0.2, 0.25) is 0 Å². The Kier molecular flexibility index (Phi) is 4.84. The summed E-state index contributed by atoms with van der Waals surface area (Å²) in [6.07, 6.45) is 6.16. The van der Waals surface area contributed by atoms with Crippen LogP contribution in [0.5, 0.6) is 0 Å². The van der Waals surface area contributed by atoms with Crippen molar-refractivity contribution in [2.45, 2.75) is 57.0 Å². The maximum atomic E-state index is 12.3. The summed E-state index contributed by atoms with van der Waals surface area (Å²) in [5.74, 6) is 0.309. The standard InChI is InChI=1S/C13H24N2O3S/c14-12-5-3-1-2-4-11(12)13(16)15-10-6-8-19(17,18)9-7-10/h10-12H,1-9,14H2,(H,15,16). The predicted molar refractivity (Wildman–Crippen MR) is 74.4 cm³/mol. The van der Waals surface area contributed by atoms with Crippen LogP contribution in [0.1, 0.15) is 44.9 Å². The molecule has 0 bridgehead atoms. The van der Waals surface area contributed by atoms with E-state index < -0.39 is 9.84 Å². The number of hydrogen-bond donors (Lipinski definition) is 2. The van der Waals surface area contributed by atoms with Gasteiger partial charge in [-0.05, 0) is 25.7 Å². The van der Waals surface area contributed by atoms with E-state index in [4.69, 9.17) is 5.73 Å². The van der Waals surface area contributed by atoms with Crippen LogP contribution in [-0.2, 0) is 14.6 Å². The second-order valence-corrected chi connectivity index (χ2v) is 8.15. The van der Waals surface area contributed by atoms with E-state index in [1.54, 1.807) is 0 Å². The topological polar surface area (TPSA) is 89.3 Å². The Balaban J connectivity index is 1.86. The molecule has 1 heterocycles. The zero-order valence-electron chi connectivity index (χ0n) is 11.3. The van der Waals surface area contributed by atoms with Crippen LogP contribution >= 0.6 is 0 Å². The SMILES string of the molecule is NC1CCCCCC1C(=O)NC1CCS(=O)(=O)CC1. The van der Waals surface area contributed by atoms with Gasteiger partial charge in [0.2, 0.25) is 5.91 Å². The Morgan fingerprint density at radius 2 is 1.63 bits per heavy atom. The summed E-state index contributed by atoms with van der Waals surface area (Å²) in [5, 5.41) is 3.00. The van der Waals surface area contributed by atoms with Crippen molar-refractivity contribution in [3.8, 4) is 0 Å². The van der Waals surface area contributed by atoms with Crippen LogP contribution in [0, 0.1) is 5.92 Å². The summed E-state index contributed by atoms with van der Waals surface area (Å²) >= 11 is 0. The fourth-order valence-electron chi connectivity index (χ4n) is 3.00. The third-order valence-electron chi connectivity index (χ3n) is 4.31. The van der Waals surface area contributed by atoms with Crippen molar-refractivity contribution in [2.75, 3.05) is 11.5 Å². The fraction of sp³-hybridized carbons (Fsp3) is 0.923. The highest BCUT2D eigenvalue weighted by molar-refractivity contribution is 7.91. The summed E-state index contributed by atoms with van der Waals surface area (Å²) in [7, 11) is -2.87. The normalized spacial score (nSPS) is 32.5. The molecule has 2 atom stereocenters. The third kappa shape index (κ3) is 4.18. The Morgan fingerprint density at radius 3 is 2.32 bits per heavy atom. The van der Waals surface area contributed by atoms with Crippen LogP contribution in [0.25, 0.3) is 0 Å². The fourth-order valence-corrected chi connectivity index (χ4v) is 4.50. The molecule has 2 rings (SSSR count). The predicted octanol–water partition coefficient (Wildman–Crippen LogP) is 0.587. The van der Waals surface area contributed by atoms with Crippen LogP contribution in [0.4, 0.5) is 0 Å². The Labute approximate surface area is 115 Å². The molecule has 6 heteroatoms. The molecule has 1 amide bonds. The lowest BCUT2D eigenvalue weighted by atomic mass is 9.94. The van der Waals surface area contributed by atoms with Gasteiger partial charge in [-0.25, -0.2) is 8.42 Å². The monoisotopic (exact) mass is 288 g/mol. The van der Waals surface area contributed by atoms with Crippen molar-refractivity contribution >= 4 is 15.7 Å². The molecule has 0 aromatic carbocycles. The average molecular weight is 288 g/mol. The van der Waals surface area contributed by atoms with Gasteiger partial charge in [0.15, 0.2) is 0 Å². The Morgan fingerprint density at radius 1 is 1.00 bits per heavy atom. The molecule has 1 saturated heterocycles. The molecule has 2 fully saturated rings. The molecule has 0 aromatic rings. The lowest BCUT2D eigenvalue weighted by molar-refractivity contribution is -0.126. The van der Waals surface area contributed by atoms with Crippen molar-refractivity contribution in [3.05, 3.63) is 0 Å². The van der Waals surface area contributed by atoms with Crippen LogP contribution < -0.4 is 11.1 Å². The maximum absolute atomic E-state index is 12.3. The zero-order valence-corrected chi connectivity index (χ0v) is 12.1. The lowest BCUT2D eigenvalue weighted by Gasteiger charge is -2.27. The summed E-state index contributed by atoms with van der Waals surface area (Å²) in [6, 6.07) is -0.0405. The van der Waals surface area contributed by atoms with E-state index in [2.05, 4.69) is 5.32 Å². The van der Waals surface area contributed by atoms with Crippen LogP contribution in [0.3, 0.4) is 0 Å². The summed E-state index contributed by atoms with van der Waals surface area (Å²) in [4.78, 5) is 12.3. The second kappa shape index (κ2) is 6.22. The van der Waals surface area contributed by atoms with Gasteiger partial charge in [-0.3, -0.25) is 4.79 Å². The molecule has 0 radical (unpaired) electrons. The zero-order chi connectivity index (χ0) is 13.9. The number of amides is 1. The van der Waals surface area contributed by atoms with Gasteiger partial charge in [0, 0.05) is 12.1 Å². The molecule has 1 aliphatic heterocycles. The lowest BCUT2D eigenvalue weighted by Crippen LogP contribution is -2.47. The molecule has 5 nitrogen and oxygen atoms in total. The highest BCUT2D eigenvalue weighted by atomic mass is 32.2. The van der Waals surface area contributed by atoms with E-state index in [1.807, 2.05) is 0 Å². The van der Waals surface area contributed by atoms with E-state index >= 15 is 0 Å². The maximum Gasteiger partial charge on any atom is 0.224 e. The quantitative estimate of drug-likeness (QED) is 0.728. The first-order chi connectivity index (χ1) is 8.98. The number of hydrogen-bond acceptors (Lipinski definition) is 4. The van der Waals surface area contributed by atoms with Gasteiger partial charge in [0.1, 0.15) is 9.84 Å². The number of nitrogens with one attached hydrogen (secondary N) is 1.